The van der Waals surface area contributed by atoms with Gasteiger partial charge in [0.05, 0.1) is 18.7 Å². The van der Waals surface area contributed by atoms with Crippen LogP contribution in [0.1, 0.15) is 39.2 Å². The topological polar surface area (TPSA) is 47.6 Å². The van der Waals surface area contributed by atoms with Crippen molar-refractivity contribution in [2.75, 3.05) is 13.7 Å². The molecule has 0 radical (unpaired) electrons. The molecule has 0 aliphatic carbocycles. The van der Waals surface area contributed by atoms with Gasteiger partial charge in [0.15, 0.2) is 11.5 Å². The average Bonchev–Trinajstić information content (AvgIpc) is 2.45. The summed E-state index contributed by atoms with van der Waals surface area (Å²) in [5, 5.41) is 3.37. The maximum absolute atomic E-state index is 11.8. The van der Waals surface area contributed by atoms with E-state index in [9.17, 15) is 4.79 Å². The Labute approximate surface area is 137 Å². The monoisotopic (exact) mass is 325 g/mol. The predicted octanol–water partition coefficient (Wildman–Crippen LogP) is 4.07. The zero-order valence-corrected chi connectivity index (χ0v) is 14.4. The second-order valence-corrected chi connectivity index (χ2v) is 5.41. The first-order valence-electron chi connectivity index (χ1n) is 7.50. The molecule has 4 nitrogen and oxygen atoms in total. The number of hydrogen-bond acceptors (Lipinski definition) is 3. The van der Waals surface area contributed by atoms with Crippen molar-refractivity contribution >= 4 is 23.6 Å². The van der Waals surface area contributed by atoms with Crippen LogP contribution in [0.4, 0.5) is 0 Å². The molecule has 1 atom stereocenters. The molecule has 1 amide bonds. The Bertz CT molecular complexity index is 529. The summed E-state index contributed by atoms with van der Waals surface area (Å²) in [7, 11) is 1.54. The third-order valence-corrected chi connectivity index (χ3v) is 3.35. The minimum Gasteiger partial charge on any atom is -0.491 e. The first-order chi connectivity index (χ1) is 10.5. The SMILES string of the molecule is CCCC(C)NC(=O)/C=C/c1cc(Cl)c(OC)c(OCC)c1. The first kappa shape index (κ1) is 18.4. The van der Waals surface area contributed by atoms with E-state index in [1.165, 1.54) is 6.08 Å². The van der Waals surface area contributed by atoms with Gasteiger partial charge in [0.2, 0.25) is 5.91 Å². The lowest BCUT2D eigenvalue weighted by atomic mass is 10.1. The second-order valence-electron chi connectivity index (χ2n) is 5.00. The van der Waals surface area contributed by atoms with Crippen LogP contribution in [0.25, 0.3) is 6.08 Å². The zero-order valence-electron chi connectivity index (χ0n) is 13.6. The van der Waals surface area contributed by atoms with Gasteiger partial charge < -0.3 is 14.8 Å². The van der Waals surface area contributed by atoms with Crippen LogP contribution in [0.3, 0.4) is 0 Å². The first-order valence-corrected chi connectivity index (χ1v) is 7.88. The van der Waals surface area contributed by atoms with Gasteiger partial charge in [-0.3, -0.25) is 4.79 Å². The van der Waals surface area contributed by atoms with Crippen molar-refractivity contribution in [2.45, 2.75) is 39.7 Å². The van der Waals surface area contributed by atoms with Crippen LogP contribution in [0.5, 0.6) is 11.5 Å². The summed E-state index contributed by atoms with van der Waals surface area (Å²) in [4.78, 5) is 11.8. The highest BCUT2D eigenvalue weighted by Gasteiger charge is 2.10. The summed E-state index contributed by atoms with van der Waals surface area (Å²) in [6.45, 7) is 6.48. The van der Waals surface area contributed by atoms with Crippen LogP contribution < -0.4 is 14.8 Å². The van der Waals surface area contributed by atoms with Gasteiger partial charge in [-0.2, -0.15) is 0 Å². The molecule has 0 saturated heterocycles. The van der Waals surface area contributed by atoms with Crippen LogP contribution in [0, 0.1) is 0 Å². The average molecular weight is 326 g/mol. The lowest BCUT2D eigenvalue weighted by Crippen LogP contribution is -2.30. The number of hydrogen-bond donors (Lipinski definition) is 1. The molecule has 22 heavy (non-hydrogen) atoms. The Hall–Kier alpha value is -1.68. The van der Waals surface area contributed by atoms with Gasteiger partial charge in [-0.1, -0.05) is 24.9 Å². The lowest BCUT2D eigenvalue weighted by Gasteiger charge is -2.12. The predicted molar refractivity (Wildman–Crippen MR) is 90.7 cm³/mol. The van der Waals surface area contributed by atoms with Gasteiger partial charge in [0, 0.05) is 12.1 Å². The summed E-state index contributed by atoms with van der Waals surface area (Å²) >= 11 is 6.17. The van der Waals surface area contributed by atoms with E-state index in [1.54, 1.807) is 25.3 Å². The van der Waals surface area contributed by atoms with E-state index in [0.29, 0.717) is 23.1 Å². The van der Waals surface area contributed by atoms with E-state index >= 15 is 0 Å². The molecule has 0 aliphatic heterocycles. The maximum Gasteiger partial charge on any atom is 0.244 e. The highest BCUT2D eigenvalue weighted by molar-refractivity contribution is 6.32. The fourth-order valence-electron chi connectivity index (χ4n) is 2.11. The van der Waals surface area contributed by atoms with Crippen LogP contribution in [0.2, 0.25) is 5.02 Å². The minimum atomic E-state index is -0.120. The Morgan fingerprint density at radius 3 is 2.73 bits per heavy atom. The summed E-state index contributed by atoms with van der Waals surface area (Å²) in [6.07, 6.45) is 5.21. The summed E-state index contributed by atoms with van der Waals surface area (Å²) < 4.78 is 10.7. The Morgan fingerprint density at radius 1 is 1.41 bits per heavy atom. The molecule has 0 aromatic heterocycles. The van der Waals surface area contributed by atoms with E-state index in [-0.39, 0.29) is 11.9 Å². The normalized spacial score (nSPS) is 12.2. The van der Waals surface area contributed by atoms with E-state index in [2.05, 4.69) is 12.2 Å². The summed E-state index contributed by atoms with van der Waals surface area (Å²) in [5.41, 5.74) is 0.785. The molecule has 0 heterocycles. The van der Waals surface area contributed by atoms with Gasteiger partial charge in [0.1, 0.15) is 0 Å². The highest BCUT2D eigenvalue weighted by Crippen LogP contribution is 2.36. The van der Waals surface area contributed by atoms with Gasteiger partial charge in [-0.15, -0.1) is 0 Å². The molecule has 0 bridgehead atoms. The van der Waals surface area contributed by atoms with Gasteiger partial charge >= 0.3 is 0 Å². The van der Waals surface area contributed by atoms with Crippen LogP contribution >= 0.6 is 11.6 Å². The van der Waals surface area contributed by atoms with Crippen molar-refractivity contribution in [3.8, 4) is 11.5 Å². The van der Waals surface area contributed by atoms with E-state index in [1.807, 2.05) is 13.8 Å². The molecule has 0 spiro atoms. The summed E-state index contributed by atoms with van der Waals surface area (Å²) in [5.74, 6) is 0.949. The molecule has 0 fully saturated rings. The highest BCUT2D eigenvalue weighted by atomic mass is 35.5. The number of methoxy groups -OCH3 is 1. The molecule has 1 unspecified atom stereocenters. The van der Waals surface area contributed by atoms with Crippen LogP contribution in [-0.4, -0.2) is 25.7 Å². The number of amides is 1. The molecule has 0 aliphatic rings. The Balaban J connectivity index is 2.84. The number of nitrogens with one attached hydrogen (secondary N) is 1. The lowest BCUT2D eigenvalue weighted by molar-refractivity contribution is -0.117. The van der Waals surface area contributed by atoms with Gasteiger partial charge in [0.25, 0.3) is 0 Å². The third kappa shape index (κ3) is 5.60. The van der Waals surface area contributed by atoms with Crippen molar-refractivity contribution < 1.29 is 14.3 Å². The number of carbonyl (C=O) groups excluding carboxylic acids is 1. The smallest absolute Gasteiger partial charge is 0.244 e. The van der Waals surface area contributed by atoms with E-state index in [4.69, 9.17) is 21.1 Å². The van der Waals surface area contributed by atoms with Crippen molar-refractivity contribution in [3.63, 3.8) is 0 Å². The quantitative estimate of drug-likeness (QED) is 0.733. The number of ether oxygens (including phenoxy) is 2. The fourth-order valence-corrected chi connectivity index (χ4v) is 2.41. The van der Waals surface area contributed by atoms with Crippen molar-refractivity contribution in [1.82, 2.24) is 5.32 Å². The van der Waals surface area contributed by atoms with Crippen molar-refractivity contribution in [2.24, 2.45) is 0 Å². The standard InChI is InChI=1S/C17H24ClNO3/c1-5-7-12(3)19-16(20)9-8-13-10-14(18)17(21-4)15(11-13)22-6-2/h8-12H,5-7H2,1-4H3,(H,19,20)/b9-8+. The zero-order chi connectivity index (χ0) is 16.5. The third-order valence-electron chi connectivity index (χ3n) is 3.07. The largest absolute Gasteiger partial charge is 0.491 e. The molecule has 0 saturated carbocycles. The number of carbonyl (C=O) groups is 1. The number of benzene rings is 1. The molecule has 1 rings (SSSR count). The maximum atomic E-state index is 11.8. The second kappa shape index (κ2) is 9.36. The van der Waals surface area contributed by atoms with Crippen molar-refractivity contribution in [3.05, 3.63) is 28.8 Å². The van der Waals surface area contributed by atoms with Crippen LogP contribution in [-0.2, 0) is 4.79 Å². The van der Waals surface area contributed by atoms with Crippen LogP contribution in [0.15, 0.2) is 18.2 Å². The summed E-state index contributed by atoms with van der Waals surface area (Å²) in [6, 6.07) is 3.70. The molecule has 1 aromatic rings. The molecule has 5 heteroatoms. The van der Waals surface area contributed by atoms with Crippen molar-refractivity contribution in [1.29, 1.82) is 0 Å². The molecule has 122 valence electrons. The molecule has 1 N–H and O–H groups in total. The molecule has 1 aromatic carbocycles. The Kier molecular flexibility index (Phi) is 7.82. The number of halogens is 1. The fraction of sp³-hybridized carbons (Fsp3) is 0.471. The number of rotatable bonds is 8. The van der Waals surface area contributed by atoms with E-state index < -0.39 is 0 Å². The Morgan fingerprint density at radius 2 is 2.14 bits per heavy atom. The minimum absolute atomic E-state index is 0.120. The van der Waals surface area contributed by atoms with Gasteiger partial charge in [-0.25, -0.2) is 0 Å². The molecular formula is C17H24ClNO3. The van der Waals surface area contributed by atoms with E-state index in [0.717, 1.165) is 18.4 Å². The van der Waals surface area contributed by atoms with Gasteiger partial charge in [-0.05, 0) is 44.0 Å². The molecular weight excluding hydrogens is 302 g/mol.